The summed E-state index contributed by atoms with van der Waals surface area (Å²) in [6.45, 7) is 7.96. The molecule has 0 saturated heterocycles. The van der Waals surface area contributed by atoms with Gasteiger partial charge >= 0.3 is 5.97 Å². The quantitative estimate of drug-likeness (QED) is 0.785. The normalized spacial score (nSPS) is 9.26. The van der Waals surface area contributed by atoms with Crippen molar-refractivity contribution in [1.82, 2.24) is 5.32 Å². The van der Waals surface area contributed by atoms with Gasteiger partial charge in [-0.2, -0.15) is 0 Å². The number of rotatable bonds is 3. The largest absolute Gasteiger partial charge is 0.507 e. The zero-order valence-electron chi connectivity index (χ0n) is 11.8. The smallest absolute Gasteiger partial charge is 0.335 e. The first-order valence-corrected chi connectivity index (χ1v) is 6.24. The summed E-state index contributed by atoms with van der Waals surface area (Å²) in [7, 11) is 0. The van der Waals surface area contributed by atoms with Crippen LogP contribution in [0.2, 0.25) is 0 Å². The summed E-state index contributed by atoms with van der Waals surface area (Å²) in [5.74, 6) is -1.82. The number of hydrogen-bond donors (Lipinski definition) is 3. The number of amides is 1. The van der Waals surface area contributed by atoms with Crippen molar-refractivity contribution in [3.05, 3.63) is 28.8 Å². The Hall–Kier alpha value is -2.04. The molecule has 0 aliphatic rings. The van der Waals surface area contributed by atoms with Crippen molar-refractivity contribution in [2.24, 2.45) is 0 Å². The molecule has 5 nitrogen and oxygen atoms in total. The number of phenolic OH excluding ortho intramolecular Hbond substituents is 1. The van der Waals surface area contributed by atoms with Crippen molar-refractivity contribution >= 4 is 11.9 Å². The monoisotopic (exact) mass is 267 g/mol. The van der Waals surface area contributed by atoms with E-state index in [1.807, 2.05) is 0 Å². The molecule has 0 atom stereocenters. The first-order valence-electron chi connectivity index (χ1n) is 6.24. The van der Waals surface area contributed by atoms with Crippen molar-refractivity contribution in [3.8, 4) is 5.75 Å². The second-order valence-electron chi connectivity index (χ2n) is 4.06. The summed E-state index contributed by atoms with van der Waals surface area (Å²) in [6.07, 6.45) is 1.25. The zero-order valence-corrected chi connectivity index (χ0v) is 11.8. The first kappa shape index (κ1) is 17.0. The Bertz CT molecular complexity index is 455. The van der Waals surface area contributed by atoms with E-state index >= 15 is 0 Å². The molecule has 0 aromatic heterocycles. The minimum Gasteiger partial charge on any atom is -0.507 e. The van der Waals surface area contributed by atoms with Crippen LogP contribution in [0.4, 0.5) is 0 Å². The van der Waals surface area contributed by atoms with Gasteiger partial charge in [-0.1, -0.05) is 20.3 Å². The Balaban J connectivity index is 0.000000982. The van der Waals surface area contributed by atoms with Crippen molar-refractivity contribution in [1.29, 1.82) is 0 Å². The average Bonchev–Trinajstić information content (AvgIpc) is 2.29. The van der Waals surface area contributed by atoms with E-state index in [1.54, 1.807) is 13.8 Å². The lowest BCUT2D eigenvalue weighted by atomic mass is 10.0. The second kappa shape index (κ2) is 8.13. The van der Waals surface area contributed by atoms with Crippen LogP contribution in [0.1, 0.15) is 53.5 Å². The number of carboxylic acids is 1. The van der Waals surface area contributed by atoms with Gasteiger partial charge in [0.15, 0.2) is 0 Å². The molecule has 19 heavy (non-hydrogen) atoms. The van der Waals surface area contributed by atoms with Gasteiger partial charge in [0, 0.05) is 6.54 Å². The van der Waals surface area contributed by atoms with E-state index in [4.69, 9.17) is 5.11 Å². The molecule has 1 amide bonds. The summed E-state index contributed by atoms with van der Waals surface area (Å²) in [5, 5.41) is 20.9. The highest BCUT2D eigenvalue weighted by Gasteiger charge is 2.16. The molecule has 0 spiro atoms. The van der Waals surface area contributed by atoms with Crippen molar-refractivity contribution in [2.75, 3.05) is 6.54 Å². The molecule has 3 N–H and O–H groups in total. The lowest BCUT2D eigenvalue weighted by Gasteiger charge is -2.08. The summed E-state index contributed by atoms with van der Waals surface area (Å²) in [5.41, 5.74) is 0.405. The van der Waals surface area contributed by atoms with Crippen LogP contribution < -0.4 is 5.32 Å². The fraction of sp³-hybridized carbons (Fsp3) is 0.429. The maximum absolute atomic E-state index is 11.5. The van der Waals surface area contributed by atoms with Crippen LogP contribution in [0, 0.1) is 6.92 Å². The zero-order chi connectivity index (χ0) is 15.0. The molecule has 0 fully saturated rings. The summed E-state index contributed by atoms with van der Waals surface area (Å²) in [6, 6.07) is 2.45. The number of benzene rings is 1. The maximum Gasteiger partial charge on any atom is 0.335 e. The van der Waals surface area contributed by atoms with Crippen molar-refractivity contribution < 1.29 is 19.8 Å². The molecule has 1 rings (SSSR count). The van der Waals surface area contributed by atoms with Crippen LogP contribution in [0.15, 0.2) is 12.1 Å². The van der Waals surface area contributed by atoms with Crippen LogP contribution >= 0.6 is 0 Å². The first-order chi connectivity index (χ1) is 8.88. The molecule has 0 unspecified atom stereocenters. The fourth-order valence-corrected chi connectivity index (χ4v) is 1.36. The van der Waals surface area contributed by atoms with E-state index < -0.39 is 11.9 Å². The van der Waals surface area contributed by atoms with Crippen LogP contribution in [0.3, 0.4) is 0 Å². The molecule has 1 aromatic rings. The van der Waals surface area contributed by atoms with Crippen molar-refractivity contribution in [2.45, 2.75) is 34.1 Å². The molecular formula is C14H21NO4. The van der Waals surface area contributed by atoms with Crippen molar-refractivity contribution in [3.63, 3.8) is 0 Å². The predicted molar refractivity (Wildman–Crippen MR) is 73.8 cm³/mol. The summed E-state index contributed by atoms with van der Waals surface area (Å²) < 4.78 is 0. The number of carbonyl (C=O) groups excluding carboxylic acids is 1. The van der Waals surface area contributed by atoms with Gasteiger partial charge in [0.2, 0.25) is 0 Å². The van der Waals surface area contributed by atoms with Gasteiger partial charge in [-0.25, -0.2) is 4.79 Å². The van der Waals surface area contributed by atoms with Gasteiger partial charge < -0.3 is 15.5 Å². The fourth-order valence-electron chi connectivity index (χ4n) is 1.36. The lowest BCUT2D eigenvalue weighted by Crippen LogP contribution is -2.23. The molecule has 0 saturated carbocycles. The molecule has 106 valence electrons. The standard InChI is InChI=1S/C11H13NO4.C3H8/c1-3-12-10(14)8-5-7(11(15)16)6(2)4-9(8)13;1-3-2/h4-5,13H,3H2,1-2H3,(H,12,14)(H,15,16);3H2,1-2H3. The average molecular weight is 267 g/mol. The molecule has 0 heterocycles. The SMILES string of the molecule is CCC.CCNC(=O)c1cc(C(=O)O)c(C)cc1O. The molecule has 0 bridgehead atoms. The Labute approximate surface area is 113 Å². The number of phenols is 1. The van der Waals surface area contributed by atoms with Gasteiger partial charge in [-0.05, 0) is 31.5 Å². The maximum atomic E-state index is 11.5. The minimum absolute atomic E-state index is 0.0130. The van der Waals surface area contributed by atoms with E-state index in [0.29, 0.717) is 12.1 Å². The van der Waals surface area contributed by atoms with Crippen LogP contribution in [-0.4, -0.2) is 28.6 Å². The Morgan fingerprint density at radius 3 is 2.11 bits per heavy atom. The molecule has 1 aromatic carbocycles. The highest BCUT2D eigenvalue weighted by Crippen LogP contribution is 2.22. The topological polar surface area (TPSA) is 86.6 Å². The van der Waals surface area contributed by atoms with Crippen LogP contribution in [-0.2, 0) is 0 Å². The van der Waals surface area contributed by atoms with Gasteiger partial charge in [0.25, 0.3) is 5.91 Å². The van der Waals surface area contributed by atoms with Gasteiger partial charge in [0.1, 0.15) is 5.75 Å². The highest BCUT2D eigenvalue weighted by atomic mass is 16.4. The van der Waals surface area contributed by atoms with Gasteiger partial charge in [0.05, 0.1) is 11.1 Å². The van der Waals surface area contributed by atoms with Gasteiger partial charge in [-0.15, -0.1) is 0 Å². The molecular weight excluding hydrogens is 246 g/mol. The highest BCUT2D eigenvalue weighted by molar-refractivity contribution is 6.00. The number of nitrogens with one attached hydrogen (secondary N) is 1. The van der Waals surface area contributed by atoms with E-state index in [9.17, 15) is 14.7 Å². The summed E-state index contributed by atoms with van der Waals surface area (Å²) in [4.78, 5) is 22.3. The van der Waals surface area contributed by atoms with Crippen LogP contribution in [0.25, 0.3) is 0 Å². The molecule has 5 heteroatoms. The van der Waals surface area contributed by atoms with Gasteiger partial charge in [-0.3, -0.25) is 4.79 Å². The molecule has 0 aliphatic carbocycles. The Kier molecular flexibility index (Phi) is 7.26. The second-order valence-corrected chi connectivity index (χ2v) is 4.06. The number of carbonyl (C=O) groups is 2. The lowest BCUT2D eigenvalue weighted by molar-refractivity contribution is 0.0696. The van der Waals surface area contributed by atoms with E-state index in [2.05, 4.69) is 19.2 Å². The number of carboxylic acid groups (broad SMARTS) is 1. The number of aromatic hydroxyl groups is 1. The van der Waals surface area contributed by atoms with Crippen LogP contribution in [0.5, 0.6) is 5.75 Å². The molecule has 0 aliphatic heterocycles. The number of aryl methyl sites for hydroxylation is 1. The molecule has 0 radical (unpaired) electrons. The Morgan fingerprint density at radius 2 is 1.68 bits per heavy atom. The number of hydrogen-bond acceptors (Lipinski definition) is 3. The minimum atomic E-state index is -1.12. The third-order valence-corrected chi connectivity index (χ3v) is 2.16. The van der Waals surface area contributed by atoms with E-state index in [0.717, 1.165) is 0 Å². The number of aromatic carboxylic acids is 1. The summed E-state index contributed by atoms with van der Waals surface area (Å²) >= 11 is 0. The predicted octanol–water partition coefficient (Wildman–Crippen LogP) is 2.56. The third-order valence-electron chi connectivity index (χ3n) is 2.16. The Morgan fingerprint density at radius 1 is 1.16 bits per heavy atom. The third kappa shape index (κ3) is 4.99. The van der Waals surface area contributed by atoms with E-state index in [-0.39, 0.29) is 16.9 Å². The van der Waals surface area contributed by atoms with E-state index in [1.165, 1.54) is 18.6 Å².